The van der Waals surface area contributed by atoms with Crippen LogP contribution in [0.2, 0.25) is 0 Å². The lowest BCUT2D eigenvalue weighted by molar-refractivity contribution is 0.0185. The van der Waals surface area contributed by atoms with Crippen LogP contribution in [0.4, 0.5) is 0 Å². The SMILES string of the molecule is ClN1CC=CO1. The molecule has 1 aliphatic heterocycles. The number of rotatable bonds is 0. The molecule has 0 aliphatic carbocycles. The second kappa shape index (κ2) is 1.49. The van der Waals surface area contributed by atoms with E-state index < -0.39 is 0 Å². The largest absolute Gasteiger partial charge is 0.398 e. The van der Waals surface area contributed by atoms with Gasteiger partial charge in [0, 0.05) is 11.8 Å². The van der Waals surface area contributed by atoms with E-state index in [1.165, 1.54) is 4.58 Å². The summed E-state index contributed by atoms with van der Waals surface area (Å²) in [5.74, 6) is 0. The number of halogens is 1. The fourth-order valence-electron chi connectivity index (χ4n) is 0.278. The highest BCUT2D eigenvalue weighted by molar-refractivity contribution is 6.12. The topological polar surface area (TPSA) is 12.5 Å². The van der Waals surface area contributed by atoms with Gasteiger partial charge in [-0.1, -0.05) is 0 Å². The zero-order valence-corrected chi connectivity index (χ0v) is 3.85. The fourth-order valence-corrected chi connectivity index (χ4v) is 0.404. The van der Waals surface area contributed by atoms with Gasteiger partial charge >= 0.3 is 0 Å². The smallest absolute Gasteiger partial charge is 0.110 e. The minimum Gasteiger partial charge on any atom is -0.398 e. The summed E-state index contributed by atoms with van der Waals surface area (Å²) in [6.45, 7) is 0.682. The zero-order valence-electron chi connectivity index (χ0n) is 3.10. The van der Waals surface area contributed by atoms with Gasteiger partial charge in [-0.25, -0.2) is 0 Å². The Morgan fingerprint density at radius 1 is 1.83 bits per heavy atom. The van der Waals surface area contributed by atoms with Crippen LogP contribution in [0.1, 0.15) is 0 Å². The molecule has 3 heteroatoms. The van der Waals surface area contributed by atoms with Crippen molar-refractivity contribution in [2.75, 3.05) is 6.54 Å². The summed E-state index contributed by atoms with van der Waals surface area (Å²) in [7, 11) is 0. The molecular formula is C3H4ClNO. The van der Waals surface area contributed by atoms with Gasteiger partial charge in [0.05, 0.1) is 6.54 Å². The number of hydrogen-bond donors (Lipinski definition) is 0. The molecule has 1 aliphatic rings. The maximum atomic E-state index is 5.26. The van der Waals surface area contributed by atoms with Gasteiger partial charge in [0.15, 0.2) is 0 Å². The maximum absolute atomic E-state index is 5.26. The summed E-state index contributed by atoms with van der Waals surface area (Å²) in [4.78, 5) is 4.57. The average molecular weight is 106 g/mol. The van der Waals surface area contributed by atoms with Gasteiger partial charge in [0.1, 0.15) is 6.26 Å². The van der Waals surface area contributed by atoms with Gasteiger partial charge in [0.25, 0.3) is 0 Å². The van der Waals surface area contributed by atoms with Crippen molar-refractivity contribution >= 4 is 11.8 Å². The summed E-state index contributed by atoms with van der Waals surface area (Å²) >= 11 is 5.26. The van der Waals surface area contributed by atoms with Gasteiger partial charge in [0.2, 0.25) is 0 Å². The minimum atomic E-state index is 0.682. The van der Waals surface area contributed by atoms with E-state index in [2.05, 4.69) is 4.84 Å². The van der Waals surface area contributed by atoms with Crippen LogP contribution in [-0.2, 0) is 4.84 Å². The van der Waals surface area contributed by atoms with Crippen LogP contribution in [0.3, 0.4) is 0 Å². The van der Waals surface area contributed by atoms with Gasteiger partial charge < -0.3 is 4.84 Å². The van der Waals surface area contributed by atoms with Crippen LogP contribution in [-0.4, -0.2) is 11.1 Å². The number of nitrogens with zero attached hydrogens (tertiary/aromatic N) is 1. The van der Waals surface area contributed by atoms with Crippen molar-refractivity contribution in [2.45, 2.75) is 0 Å². The third-order valence-corrected chi connectivity index (χ3v) is 0.738. The molecular weight excluding hydrogens is 101 g/mol. The van der Waals surface area contributed by atoms with Gasteiger partial charge in [-0.2, -0.15) is 0 Å². The van der Waals surface area contributed by atoms with Crippen molar-refractivity contribution in [1.29, 1.82) is 0 Å². The molecule has 0 spiro atoms. The summed E-state index contributed by atoms with van der Waals surface area (Å²) in [5.41, 5.74) is 0. The van der Waals surface area contributed by atoms with Crippen molar-refractivity contribution in [3.05, 3.63) is 12.3 Å². The van der Waals surface area contributed by atoms with Gasteiger partial charge in [-0.05, 0) is 10.7 Å². The van der Waals surface area contributed by atoms with E-state index in [1.54, 1.807) is 6.26 Å². The zero-order chi connectivity index (χ0) is 4.41. The lowest BCUT2D eigenvalue weighted by Crippen LogP contribution is -2.01. The second-order valence-electron chi connectivity index (χ2n) is 0.977. The Hall–Kier alpha value is -0.210. The average Bonchev–Trinajstić information content (AvgIpc) is 1.86. The van der Waals surface area contributed by atoms with Crippen LogP contribution in [0.5, 0.6) is 0 Å². The fraction of sp³-hybridized carbons (Fsp3) is 0.333. The molecule has 1 heterocycles. The van der Waals surface area contributed by atoms with Gasteiger partial charge in [-0.3, -0.25) is 0 Å². The predicted molar refractivity (Wildman–Crippen MR) is 22.8 cm³/mol. The Kier molecular flexibility index (Phi) is 0.986. The summed E-state index contributed by atoms with van der Waals surface area (Å²) < 4.78 is 1.22. The van der Waals surface area contributed by atoms with Crippen LogP contribution in [0.15, 0.2) is 12.3 Å². The molecule has 0 unspecified atom stereocenters. The van der Waals surface area contributed by atoms with Crippen molar-refractivity contribution < 1.29 is 4.84 Å². The van der Waals surface area contributed by atoms with Crippen molar-refractivity contribution in [2.24, 2.45) is 0 Å². The van der Waals surface area contributed by atoms with Crippen molar-refractivity contribution in [3.8, 4) is 0 Å². The van der Waals surface area contributed by atoms with Crippen LogP contribution >= 0.6 is 11.8 Å². The molecule has 0 amide bonds. The lowest BCUT2D eigenvalue weighted by Gasteiger charge is -1.98. The molecule has 0 saturated carbocycles. The quantitative estimate of drug-likeness (QED) is 0.425. The minimum absolute atomic E-state index is 0.682. The number of hydrogen-bond acceptors (Lipinski definition) is 2. The molecule has 0 aromatic heterocycles. The third kappa shape index (κ3) is 0.640. The van der Waals surface area contributed by atoms with Gasteiger partial charge in [-0.15, -0.1) is 0 Å². The molecule has 0 atom stereocenters. The Morgan fingerprint density at radius 3 is 2.83 bits per heavy atom. The molecule has 0 radical (unpaired) electrons. The van der Waals surface area contributed by atoms with E-state index in [9.17, 15) is 0 Å². The molecule has 34 valence electrons. The highest BCUT2D eigenvalue weighted by Gasteiger charge is 1.99. The first kappa shape index (κ1) is 3.96. The highest BCUT2D eigenvalue weighted by Crippen LogP contribution is 2.01. The molecule has 6 heavy (non-hydrogen) atoms. The van der Waals surface area contributed by atoms with Crippen molar-refractivity contribution in [1.82, 2.24) is 4.58 Å². The lowest BCUT2D eigenvalue weighted by atomic mass is 10.7. The molecule has 0 bridgehead atoms. The number of hydroxylamine groups is 1. The van der Waals surface area contributed by atoms with Crippen LogP contribution in [0, 0.1) is 0 Å². The Balaban J connectivity index is 2.32. The molecule has 0 fully saturated rings. The van der Waals surface area contributed by atoms with E-state index in [-0.39, 0.29) is 0 Å². The van der Waals surface area contributed by atoms with E-state index in [0.29, 0.717) is 6.54 Å². The highest BCUT2D eigenvalue weighted by atomic mass is 35.5. The Labute approximate surface area is 41.0 Å². The van der Waals surface area contributed by atoms with E-state index >= 15 is 0 Å². The molecule has 0 aromatic rings. The standard InChI is InChI=1S/C3H4ClNO/c4-5-2-1-3-6-5/h1,3H,2H2. The second-order valence-corrected chi connectivity index (χ2v) is 1.35. The monoisotopic (exact) mass is 105 g/mol. The molecule has 1 rings (SSSR count). The van der Waals surface area contributed by atoms with Crippen LogP contribution < -0.4 is 0 Å². The maximum Gasteiger partial charge on any atom is 0.110 e. The summed E-state index contributed by atoms with van der Waals surface area (Å²) in [5, 5.41) is 0. The molecule has 0 saturated heterocycles. The molecule has 2 nitrogen and oxygen atoms in total. The normalized spacial score (nSPS) is 21.5. The van der Waals surface area contributed by atoms with Crippen molar-refractivity contribution in [3.63, 3.8) is 0 Å². The summed E-state index contributed by atoms with van der Waals surface area (Å²) in [6.07, 6.45) is 3.38. The third-order valence-electron chi connectivity index (χ3n) is 0.520. The first-order valence-corrected chi connectivity index (χ1v) is 1.98. The van der Waals surface area contributed by atoms with E-state index in [4.69, 9.17) is 11.8 Å². The van der Waals surface area contributed by atoms with E-state index in [0.717, 1.165) is 0 Å². The Bertz CT molecular complexity index is 65.2. The van der Waals surface area contributed by atoms with E-state index in [1.807, 2.05) is 6.08 Å². The molecule has 0 N–H and O–H groups in total. The molecule has 0 aromatic carbocycles. The van der Waals surface area contributed by atoms with Crippen LogP contribution in [0.25, 0.3) is 0 Å². The predicted octanol–water partition coefficient (Wildman–Crippen LogP) is 0.901. The first-order chi connectivity index (χ1) is 2.89. The Morgan fingerprint density at radius 2 is 2.67 bits per heavy atom. The summed E-state index contributed by atoms with van der Waals surface area (Å²) in [6, 6.07) is 0. The first-order valence-electron chi connectivity index (χ1n) is 1.65.